The van der Waals surface area contributed by atoms with Crippen LogP contribution in [0.2, 0.25) is 0 Å². The van der Waals surface area contributed by atoms with Crippen molar-refractivity contribution in [3.05, 3.63) is 47.7 Å². The van der Waals surface area contributed by atoms with E-state index in [0.29, 0.717) is 5.95 Å². The predicted molar refractivity (Wildman–Crippen MR) is 79.5 cm³/mol. The van der Waals surface area contributed by atoms with Gasteiger partial charge in [0.05, 0.1) is 0 Å². The van der Waals surface area contributed by atoms with Crippen LogP contribution in [0.25, 0.3) is 0 Å². The summed E-state index contributed by atoms with van der Waals surface area (Å²) in [6, 6.07) is 10.5. The predicted octanol–water partition coefficient (Wildman–Crippen LogP) is 2.72. The fourth-order valence-corrected chi connectivity index (χ4v) is 1.75. The maximum atomic E-state index is 4.42. The van der Waals surface area contributed by atoms with Gasteiger partial charge in [-0.25, -0.2) is 4.98 Å². The van der Waals surface area contributed by atoms with E-state index in [0.717, 1.165) is 18.8 Å². The third-order valence-electron chi connectivity index (χ3n) is 2.95. The molecule has 2 aromatic rings. The van der Waals surface area contributed by atoms with Crippen LogP contribution >= 0.6 is 0 Å². The van der Waals surface area contributed by atoms with Gasteiger partial charge in [0.2, 0.25) is 5.95 Å². The normalized spacial score (nSPS) is 10.3. The summed E-state index contributed by atoms with van der Waals surface area (Å²) < 4.78 is 0. The summed E-state index contributed by atoms with van der Waals surface area (Å²) in [6.07, 6.45) is 2.84. The van der Waals surface area contributed by atoms with Crippen molar-refractivity contribution in [3.8, 4) is 0 Å². The van der Waals surface area contributed by atoms with Gasteiger partial charge in [-0.05, 0) is 23.6 Å². The Kier molecular flexibility index (Phi) is 4.34. The summed E-state index contributed by atoms with van der Waals surface area (Å²) in [5.74, 6) is 1.56. The molecule has 0 aliphatic carbocycles. The molecular formula is C15H20N4. The summed E-state index contributed by atoms with van der Waals surface area (Å²) in [6.45, 7) is 2.94. The highest BCUT2D eigenvalue weighted by molar-refractivity contribution is 5.41. The number of aryl methyl sites for hydroxylation is 1. The molecule has 0 bridgehead atoms. The van der Waals surface area contributed by atoms with E-state index in [1.165, 1.54) is 11.1 Å². The maximum Gasteiger partial charge on any atom is 0.226 e. The highest BCUT2D eigenvalue weighted by atomic mass is 15.2. The third kappa shape index (κ3) is 3.68. The zero-order valence-electron chi connectivity index (χ0n) is 11.7. The van der Waals surface area contributed by atoms with Crippen molar-refractivity contribution in [3.63, 3.8) is 0 Å². The van der Waals surface area contributed by atoms with E-state index in [9.17, 15) is 0 Å². The largest absolute Gasteiger partial charge is 0.366 e. The average molecular weight is 256 g/mol. The van der Waals surface area contributed by atoms with Crippen LogP contribution < -0.4 is 10.2 Å². The Balaban J connectivity index is 1.99. The van der Waals surface area contributed by atoms with E-state index < -0.39 is 0 Å². The molecule has 4 heteroatoms. The van der Waals surface area contributed by atoms with Crippen molar-refractivity contribution in [1.82, 2.24) is 9.97 Å². The fraction of sp³-hybridized carbons (Fsp3) is 0.333. The molecule has 1 N–H and O–H groups in total. The van der Waals surface area contributed by atoms with E-state index in [-0.39, 0.29) is 0 Å². The topological polar surface area (TPSA) is 41.1 Å². The lowest BCUT2D eigenvalue weighted by Gasteiger charge is -2.11. The molecule has 0 spiro atoms. The molecule has 0 saturated carbocycles. The Labute approximate surface area is 114 Å². The number of hydrogen-bond donors (Lipinski definition) is 1. The fourth-order valence-electron chi connectivity index (χ4n) is 1.75. The molecule has 0 aliphatic rings. The molecule has 0 saturated heterocycles. The Bertz CT molecular complexity index is 520. The van der Waals surface area contributed by atoms with Crippen molar-refractivity contribution in [1.29, 1.82) is 0 Å². The monoisotopic (exact) mass is 256 g/mol. The van der Waals surface area contributed by atoms with Gasteiger partial charge in [-0.2, -0.15) is 4.98 Å². The Morgan fingerprint density at radius 1 is 1.05 bits per heavy atom. The zero-order valence-corrected chi connectivity index (χ0v) is 11.7. The molecule has 2 rings (SSSR count). The quantitative estimate of drug-likeness (QED) is 0.893. The van der Waals surface area contributed by atoms with Gasteiger partial charge in [0.1, 0.15) is 5.82 Å². The number of nitrogens with one attached hydrogen (secondary N) is 1. The SMILES string of the molecule is CCc1ccc(CNc2ccnc(N(C)C)n2)cc1. The minimum absolute atomic E-state index is 0.714. The standard InChI is InChI=1S/C15H20N4/c1-4-12-5-7-13(8-6-12)11-17-14-9-10-16-15(18-14)19(2)3/h5-10H,4,11H2,1-3H3,(H,16,17,18). The third-order valence-corrected chi connectivity index (χ3v) is 2.95. The molecule has 1 heterocycles. The van der Waals surface area contributed by atoms with E-state index in [2.05, 4.69) is 46.5 Å². The number of hydrogen-bond acceptors (Lipinski definition) is 4. The lowest BCUT2D eigenvalue weighted by Crippen LogP contribution is -2.13. The number of aromatic nitrogens is 2. The van der Waals surface area contributed by atoms with Crippen molar-refractivity contribution in [2.75, 3.05) is 24.3 Å². The zero-order chi connectivity index (χ0) is 13.7. The van der Waals surface area contributed by atoms with Gasteiger partial charge in [-0.3, -0.25) is 0 Å². The van der Waals surface area contributed by atoms with Crippen LogP contribution in [-0.4, -0.2) is 24.1 Å². The molecule has 0 atom stereocenters. The molecule has 0 unspecified atom stereocenters. The van der Waals surface area contributed by atoms with Gasteiger partial charge in [-0.1, -0.05) is 31.2 Å². The van der Waals surface area contributed by atoms with Gasteiger partial charge in [0.15, 0.2) is 0 Å². The second kappa shape index (κ2) is 6.18. The van der Waals surface area contributed by atoms with Crippen LogP contribution in [0.15, 0.2) is 36.5 Å². The van der Waals surface area contributed by atoms with Crippen LogP contribution in [0.3, 0.4) is 0 Å². The second-order valence-corrected chi connectivity index (χ2v) is 4.66. The van der Waals surface area contributed by atoms with Crippen LogP contribution in [-0.2, 0) is 13.0 Å². The van der Waals surface area contributed by atoms with Crippen LogP contribution in [0.5, 0.6) is 0 Å². The molecule has 0 radical (unpaired) electrons. The van der Waals surface area contributed by atoms with Crippen molar-refractivity contribution in [2.45, 2.75) is 19.9 Å². The van der Waals surface area contributed by atoms with E-state index in [4.69, 9.17) is 0 Å². The number of rotatable bonds is 5. The van der Waals surface area contributed by atoms with Gasteiger partial charge >= 0.3 is 0 Å². The summed E-state index contributed by atoms with van der Waals surface area (Å²) in [5.41, 5.74) is 2.61. The molecular weight excluding hydrogens is 236 g/mol. The van der Waals surface area contributed by atoms with E-state index in [1.54, 1.807) is 6.20 Å². The van der Waals surface area contributed by atoms with Gasteiger partial charge in [-0.15, -0.1) is 0 Å². The Morgan fingerprint density at radius 3 is 2.37 bits per heavy atom. The van der Waals surface area contributed by atoms with Crippen LogP contribution in [0, 0.1) is 0 Å². The minimum Gasteiger partial charge on any atom is -0.366 e. The first-order valence-electron chi connectivity index (χ1n) is 6.51. The lowest BCUT2D eigenvalue weighted by atomic mass is 10.1. The number of nitrogens with zero attached hydrogens (tertiary/aromatic N) is 3. The number of benzene rings is 1. The van der Waals surface area contributed by atoms with Gasteiger partial charge < -0.3 is 10.2 Å². The average Bonchev–Trinajstić information content (AvgIpc) is 2.46. The summed E-state index contributed by atoms with van der Waals surface area (Å²) in [7, 11) is 3.87. The smallest absolute Gasteiger partial charge is 0.226 e. The molecule has 0 amide bonds. The lowest BCUT2D eigenvalue weighted by molar-refractivity contribution is 0.987. The molecule has 0 fully saturated rings. The maximum absolute atomic E-state index is 4.42. The van der Waals surface area contributed by atoms with E-state index in [1.807, 2.05) is 25.1 Å². The first kappa shape index (κ1) is 13.3. The highest BCUT2D eigenvalue weighted by Gasteiger charge is 2.01. The van der Waals surface area contributed by atoms with Crippen molar-refractivity contribution < 1.29 is 0 Å². The molecule has 1 aromatic carbocycles. The summed E-state index contributed by atoms with van der Waals surface area (Å²) in [4.78, 5) is 10.5. The van der Waals surface area contributed by atoms with Gasteiger partial charge in [0, 0.05) is 26.8 Å². The number of anilines is 2. The van der Waals surface area contributed by atoms with Crippen molar-refractivity contribution >= 4 is 11.8 Å². The first-order valence-corrected chi connectivity index (χ1v) is 6.51. The minimum atomic E-state index is 0.714. The molecule has 100 valence electrons. The Hall–Kier alpha value is -2.10. The van der Waals surface area contributed by atoms with Crippen molar-refractivity contribution in [2.24, 2.45) is 0 Å². The summed E-state index contributed by atoms with van der Waals surface area (Å²) in [5, 5.41) is 3.32. The highest BCUT2D eigenvalue weighted by Crippen LogP contribution is 2.10. The van der Waals surface area contributed by atoms with Crippen LogP contribution in [0.1, 0.15) is 18.1 Å². The molecule has 0 aliphatic heterocycles. The molecule has 1 aromatic heterocycles. The van der Waals surface area contributed by atoms with Gasteiger partial charge in [0.25, 0.3) is 0 Å². The molecule has 4 nitrogen and oxygen atoms in total. The Morgan fingerprint density at radius 2 is 1.74 bits per heavy atom. The molecule has 19 heavy (non-hydrogen) atoms. The summed E-state index contributed by atoms with van der Waals surface area (Å²) >= 11 is 0. The first-order chi connectivity index (χ1) is 9.19. The van der Waals surface area contributed by atoms with Crippen LogP contribution in [0.4, 0.5) is 11.8 Å². The van der Waals surface area contributed by atoms with E-state index >= 15 is 0 Å². The second-order valence-electron chi connectivity index (χ2n) is 4.66.